The smallest absolute Gasteiger partial charge is 0.256 e. The summed E-state index contributed by atoms with van der Waals surface area (Å²) in [7, 11) is 1.58. The van der Waals surface area contributed by atoms with Crippen LogP contribution in [-0.4, -0.2) is 56.6 Å². The number of hydrogen-bond acceptors (Lipinski definition) is 6. The number of halogens is 1. The van der Waals surface area contributed by atoms with Gasteiger partial charge in [-0.05, 0) is 38.0 Å². The Morgan fingerprint density at radius 3 is 2.70 bits per heavy atom. The van der Waals surface area contributed by atoms with Gasteiger partial charge in [0.2, 0.25) is 5.88 Å². The molecule has 1 aliphatic rings. The molecular formula is C21H22FN5O3. The van der Waals surface area contributed by atoms with Gasteiger partial charge in [0, 0.05) is 24.4 Å². The molecule has 2 atom stereocenters. The maximum Gasteiger partial charge on any atom is 0.256 e. The van der Waals surface area contributed by atoms with Crippen molar-refractivity contribution in [1.29, 1.82) is 0 Å². The standard InChI is InChI=1S/C21H22FN5O3/c1-14-3-5-17(30-20-12-16(29-2)7-8-23-20)13-26(14)21(28)18-6-4-15(22)11-19(18)27-24-9-10-25-27/h4,6-12,14,17H,3,5,13H2,1-2H3/t14-,17-/m1/s1. The summed E-state index contributed by atoms with van der Waals surface area (Å²) in [5, 5.41) is 8.09. The number of nitrogens with zero attached hydrogens (tertiary/aromatic N) is 5. The van der Waals surface area contributed by atoms with Crippen LogP contribution in [0.4, 0.5) is 4.39 Å². The highest BCUT2D eigenvalue weighted by atomic mass is 19.1. The molecule has 0 N–H and O–H groups in total. The molecule has 0 unspecified atom stereocenters. The quantitative estimate of drug-likeness (QED) is 0.642. The van der Waals surface area contributed by atoms with Crippen molar-refractivity contribution < 1.29 is 18.7 Å². The lowest BCUT2D eigenvalue weighted by atomic mass is 9.99. The number of pyridine rings is 1. The van der Waals surface area contributed by atoms with Gasteiger partial charge in [0.25, 0.3) is 5.91 Å². The number of aromatic nitrogens is 4. The van der Waals surface area contributed by atoms with Gasteiger partial charge in [-0.25, -0.2) is 9.37 Å². The number of hydrogen-bond donors (Lipinski definition) is 0. The molecule has 0 saturated carbocycles. The van der Waals surface area contributed by atoms with Gasteiger partial charge >= 0.3 is 0 Å². The van der Waals surface area contributed by atoms with E-state index in [1.807, 2.05) is 6.92 Å². The summed E-state index contributed by atoms with van der Waals surface area (Å²) >= 11 is 0. The molecule has 1 fully saturated rings. The minimum Gasteiger partial charge on any atom is -0.497 e. The molecule has 0 bridgehead atoms. The van der Waals surface area contributed by atoms with Crippen LogP contribution in [0.25, 0.3) is 5.69 Å². The first-order chi connectivity index (χ1) is 14.5. The molecule has 1 aromatic carbocycles. The van der Waals surface area contributed by atoms with E-state index < -0.39 is 5.82 Å². The van der Waals surface area contributed by atoms with Gasteiger partial charge in [0.05, 0.1) is 31.6 Å². The number of ether oxygens (including phenoxy) is 2. The summed E-state index contributed by atoms with van der Waals surface area (Å²) in [6.07, 6.45) is 5.93. The first kappa shape index (κ1) is 19.8. The maximum absolute atomic E-state index is 13.9. The molecule has 0 aliphatic carbocycles. The average Bonchev–Trinajstić information content (AvgIpc) is 3.29. The molecule has 0 radical (unpaired) electrons. The fourth-order valence-corrected chi connectivity index (χ4v) is 3.55. The Morgan fingerprint density at radius 2 is 1.93 bits per heavy atom. The molecule has 3 aromatic rings. The number of carbonyl (C=O) groups excluding carboxylic acids is 1. The number of rotatable bonds is 5. The van der Waals surface area contributed by atoms with Gasteiger partial charge in [-0.3, -0.25) is 4.79 Å². The topological polar surface area (TPSA) is 82.4 Å². The van der Waals surface area contributed by atoms with Crippen LogP contribution in [-0.2, 0) is 0 Å². The Hall–Kier alpha value is -3.49. The SMILES string of the molecule is COc1ccnc(O[C@@H]2CC[C@@H](C)N(C(=O)c3ccc(F)cc3-n3nccn3)C2)c1. The summed E-state index contributed by atoms with van der Waals surface area (Å²) in [5.41, 5.74) is 0.634. The molecular weight excluding hydrogens is 389 g/mol. The van der Waals surface area contributed by atoms with E-state index >= 15 is 0 Å². The predicted octanol–water partition coefficient (Wildman–Crippen LogP) is 2.88. The third-order valence-electron chi connectivity index (χ3n) is 5.15. The van der Waals surface area contributed by atoms with Crippen LogP contribution >= 0.6 is 0 Å². The van der Waals surface area contributed by atoms with Crippen molar-refractivity contribution in [3.63, 3.8) is 0 Å². The highest BCUT2D eigenvalue weighted by Gasteiger charge is 2.32. The zero-order valence-electron chi connectivity index (χ0n) is 16.7. The molecule has 2 aromatic heterocycles. The minimum absolute atomic E-state index is 0.0131. The molecule has 8 nitrogen and oxygen atoms in total. The normalized spacial score (nSPS) is 18.8. The molecule has 30 heavy (non-hydrogen) atoms. The van der Waals surface area contributed by atoms with Gasteiger partial charge in [0.1, 0.15) is 23.4 Å². The summed E-state index contributed by atoms with van der Waals surface area (Å²) < 4.78 is 25.1. The maximum atomic E-state index is 13.9. The summed E-state index contributed by atoms with van der Waals surface area (Å²) in [6, 6.07) is 7.46. The Morgan fingerprint density at radius 1 is 1.13 bits per heavy atom. The Labute approximate surface area is 173 Å². The second-order valence-electron chi connectivity index (χ2n) is 7.14. The van der Waals surface area contributed by atoms with E-state index in [9.17, 15) is 9.18 Å². The highest BCUT2D eigenvalue weighted by molar-refractivity contribution is 5.98. The second-order valence-corrected chi connectivity index (χ2v) is 7.14. The fourth-order valence-electron chi connectivity index (χ4n) is 3.55. The molecule has 4 rings (SSSR count). The highest BCUT2D eigenvalue weighted by Crippen LogP contribution is 2.26. The third-order valence-corrected chi connectivity index (χ3v) is 5.15. The zero-order valence-corrected chi connectivity index (χ0v) is 16.7. The Bertz CT molecular complexity index is 1030. The molecule has 1 amide bonds. The number of methoxy groups -OCH3 is 1. The first-order valence-electron chi connectivity index (χ1n) is 9.69. The van der Waals surface area contributed by atoms with Crippen LogP contribution < -0.4 is 9.47 Å². The van der Waals surface area contributed by atoms with Crippen molar-refractivity contribution in [1.82, 2.24) is 24.9 Å². The summed E-state index contributed by atoms with van der Waals surface area (Å²) in [6.45, 7) is 2.38. The van der Waals surface area contributed by atoms with Gasteiger partial charge < -0.3 is 14.4 Å². The van der Waals surface area contributed by atoms with E-state index in [4.69, 9.17) is 9.47 Å². The van der Waals surface area contributed by atoms with E-state index in [1.165, 1.54) is 35.4 Å². The summed E-state index contributed by atoms with van der Waals surface area (Å²) in [5.74, 6) is 0.418. The van der Waals surface area contributed by atoms with Crippen LogP contribution in [0, 0.1) is 5.82 Å². The molecule has 1 aliphatic heterocycles. The van der Waals surface area contributed by atoms with E-state index in [1.54, 1.807) is 30.3 Å². The van der Waals surface area contributed by atoms with Crippen LogP contribution in [0.1, 0.15) is 30.1 Å². The minimum atomic E-state index is -0.462. The fraction of sp³-hybridized carbons (Fsp3) is 0.333. The average molecular weight is 411 g/mol. The van der Waals surface area contributed by atoms with E-state index in [0.717, 1.165) is 12.8 Å². The zero-order chi connectivity index (χ0) is 21.1. The number of piperidine rings is 1. The lowest BCUT2D eigenvalue weighted by molar-refractivity contribution is 0.0372. The number of amides is 1. The van der Waals surface area contributed by atoms with Crippen molar-refractivity contribution in [3.05, 3.63) is 60.3 Å². The largest absolute Gasteiger partial charge is 0.497 e. The summed E-state index contributed by atoms with van der Waals surface area (Å²) in [4.78, 5) is 20.6. The van der Waals surface area contributed by atoms with Crippen LogP contribution in [0.5, 0.6) is 11.6 Å². The van der Waals surface area contributed by atoms with Crippen molar-refractivity contribution in [3.8, 4) is 17.3 Å². The predicted molar refractivity (Wildman–Crippen MR) is 106 cm³/mol. The Kier molecular flexibility index (Phi) is 5.60. The van der Waals surface area contributed by atoms with Crippen molar-refractivity contribution in [2.24, 2.45) is 0 Å². The van der Waals surface area contributed by atoms with Gasteiger partial charge in [-0.2, -0.15) is 15.0 Å². The molecule has 0 spiro atoms. The monoisotopic (exact) mass is 411 g/mol. The number of carbonyl (C=O) groups is 1. The lowest BCUT2D eigenvalue weighted by Crippen LogP contribution is -2.49. The molecule has 9 heteroatoms. The van der Waals surface area contributed by atoms with Crippen molar-refractivity contribution >= 4 is 5.91 Å². The second kappa shape index (κ2) is 8.48. The van der Waals surface area contributed by atoms with Crippen LogP contribution in [0.15, 0.2) is 48.9 Å². The van der Waals surface area contributed by atoms with E-state index in [-0.39, 0.29) is 18.1 Å². The van der Waals surface area contributed by atoms with Crippen molar-refractivity contribution in [2.45, 2.75) is 31.9 Å². The van der Waals surface area contributed by atoms with Crippen LogP contribution in [0.3, 0.4) is 0 Å². The molecule has 1 saturated heterocycles. The van der Waals surface area contributed by atoms with Gasteiger partial charge in [0.15, 0.2) is 0 Å². The van der Waals surface area contributed by atoms with Crippen LogP contribution in [0.2, 0.25) is 0 Å². The number of benzene rings is 1. The van der Waals surface area contributed by atoms with E-state index in [0.29, 0.717) is 29.4 Å². The lowest BCUT2D eigenvalue weighted by Gasteiger charge is -2.38. The number of likely N-dealkylation sites (tertiary alicyclic amines) is 1. The van der Waals surface area contributed by atoms with Gasteiger partial charge in [-0.1, -0.05) is 0 Å². The van der Waals surface area contributed by atoms with Crippen molar-refractivity contribution in [2.75, 3.05) is 13.7 Å². The Balaban J connectivity index is 1.56. The molecule has 3 heterocycles. The van der Waals surface area contributed by atoms with Gasteiger partial charge in [-0.15, -0.1) is 0 Å². The van der Waals surface area contributed by atoms with E-state index in [2.05, 4.69) is 15.2 Å². The first-order valence-corrected chi connectivity index (χ1v) is 9.69. The molecule has 156 valence electrons. The third kappa shape index (κ3) is 4.10.